The molecule has 0 saturated heterocycles. The van der Waals surface area contributed by atoms with Crippen molar-refractivity contribution in [1.82, 2.24) is 14.3 Å². The fourth-order valence-electron chi connectivity index (χ4n) is 3.86. The number of pyridine rings is 1. The second-order valence-electron chi connectivity index (χ2n) is 8.97. The molecule has 1 aliphatic rings. The minimum Gasteiger partial charge on any atom is -0.322 e. The zero-order valence-electron chi connectivity index (χ0n) is 17.6. The number of hydrogen-bond acceptors (Lipinski definition) is 3. The molecule has 0 unspecified atom stereocenters. The lowest BCUT2D eigenvalue weighted by Gasteiger charge is -2.29. The largest absolute Gasteiger partial charge is 0.322 e. The summed E-state index contributed by atoms with van der Waals surface area (Å²) in [6, 6.07) is 12.1. The maximum Gasteiger partial charge on any atom is 0.241 e. The Morgan fingerprint density at radius 2 is 1.83 bits per heavy atom. The molecule has 154 valence electrons. The Bertz CT molecular complexity index is 1140. The van der Waals surface area contributed by atoms with E-state index in [1.807, 2.05) is 39.1 Å². The van der Waals surface area contributed by atoms with Crippen LogP contribution in [0.4, 0.5) is 0 Å². The van der Waals surface area contributed by atoms with Crippen LogP contribution in [-0.2, 0) is 16.4 Å². The molecular formula is C23H29N3O2S. The van der Waals surface area contributed by atoms with E-state index in [2.05, 4.69) is 28.3 Å². The van der Waals surface area contributed by atoms with E-state index in [1.54, 1.807) is 12.1 Å². The van der Waals surface area contributed by atoms with Gasteiger partial charge in [-0.05, 0) is 81.8 Å². The molecule has 0 bridgehead atoms. The first-order chi connectivity index (χ1) is 13.7. The van der Waals surface area contributed by atoms with Crippen LogP contribution in [0.15, 0.2) is 47.5 Å². The Balaban J connectivity index is 1.76. The fourth-order valence-corrected chi connectivity index (χ4v) is 5.27. The van der Waals surface area contributed by atoms with Crippen LogP contribution in [0, 0.1) is 0 Å². The molecule has 1 fully saturated rings. The summed E-state index contributed by atoms with van der Waals surface area (Å²) in [5, 5.41) is 1.15. The molecule has 1 N–H and O–H groups in total. The Hall–Kier alpha value is -2.18. The van der Waals surface area contributed by atoms with Crippen molar-refractivity contribution in [2.75, 3.05) is 0 Å². The standard InChI is InChI=1S/C23H29N3O2S/c1-5-16-13-18-14-21(26(19-7-6-8-19)22(18)24-15-16)17-9-11-20(12-10-17)29(27,28)25-23(2,3)4/h9-15,19,25H,5-8H2,1-4H3. The molecule has 0 radical (unpaired) electrons. The molecule has 1 saturated carbocycles. The number of benzene rings is 1. The molecular weight excluding hydrogens is 382 g/mol. The maximum absolute atomic E-state index is 12.6. The molecule has 1 aliphatic carbocycles. The Morgan fingerprint density at radius 3 is 2.38 bits per heavy atom. The van der Waals surface area contributed by atoms with Crippen molar-refractivity contribution in [3.63, 3.8) is 0 Å². The van der Waals surface area contributed by atoms with Crippen LogP contribution in [0.25, 0.3) is 22.3 Å². The summed E-state index contributed by atoms with van der Waals surface area (Å²) in [5.41, 5.74) is 3.86. The highest BCUT2D eigenvalue weighted by Gasteiger charge is 2.26. The van der Waals surface area contributed by atoms with Crippen LogP contribution >= 0.6 is 0 Å². The zero-order chi connectivity index (χ0) is 20.8. The normalized spacial score (nSPS) is 15.6. The summed E-state index contributed by atoms with van der Waals surface area (Å²) >= 11 is 0. The van der Waals surface area contributed by atoms with E-state index < -0.39 is 15.6 Å². The molecule has 0 spiro atoms. The summed E-state index contributed by atoms with van der Waals surface area (Å²) in [5.74, 6) is 0. The molecule has 3 aromatic rings. The van der Waals surface area contributed by atoms with Crippen LogP contribution in [0.1, 0.15) is 58.6 Å². The van der Waals surface area contributed by atoms with Gasteiger partial charge in [0.15, 0.2) is 0 Å². The minimum absolute atomic E-state index is 0.286. The van der Waals surface area contributed by atoms with Gasteiger partial charge in [-0.2, -0.15) is 0 Å². The van der Waals surface area contributed by atoms with E-state index in [0.29, 0.717) is 6.04 Å². The monoisotopic (exact) mass is 411 g/mol. The molecule has 6 heteroatoms. The lowest BCUT2D eigenvalue weighted by atomic mass is 9.92. The number of hydrogen-bond donors (Lipinski definition) is 1. The summed E-state index contributed by atoms with van der Waals surface area (Å²) in [6.07, 6.45) is 6.49. The van der Waals surface area contributed by atoms with E-state index in [4.69, 9.17) is 4.98 Å². The second-order valence-corrected chi connectivity index (χ2v) is 10.7. The van der Waals surface area contributed by atoms with Gasteiger partial charge in [0.2, 0.25) is 10.0 Å². The fraction of sp³-hybridized carbons (Fsp3) is 0.435. The summed E-state index contributed by atoms with van der Waals surface area (Å²) < 4.78 is 30.3. The molecule has 2 heterocycles. The molecule has 1 aromatic carbocycles. The number of sulfonamides is 1. The second kappa shape index (κ2) is 7.26. The maximum atomic E-state index is 12.6. The SMILES string of the molecule is CCc1cnc2c(c1)cc(-c1ccc(S(=O)(=O)NC(C)(C)C)cc1)n2C1CCC1. The first-order valence-corrected chi connectivity index (χ1v) is 11.8. The van der Waals surface area contributed by atoms with Crippen LogP contribution in [-0.4, -0.2) is 23.5 Å². The number of aryl methyl sites for hydroxylation is 1. The lowest BCUT2D eigenvalue weighted by molar-refractivity contribution is 0.323. The highest BCUT2D eigenvalue weighted by atomic mass is 32.2. The average Bonchev–Trinajstić information content (AvgIpc) is 2.97. The molecule has 2 aromatic heterocycles. The summed E-state index contributed by atoms with van der Waals surface area (Å²) in [7, 11) is -3.54. The zero-order valence-corrected chi connectivity index (χ0v) is 18.4. The predicted octanol–water partition coefficient (Wildman–Crippen LogP) is 5.07. The van der Waals surface area contributed by atoms with Gasteiger partial charge in [-0.3, -0.25) is 0 Å². The first kappa shape index (κ1) is 20.1. The predicted molar refractivity (Wildman–Crippen MR) is 118 cm³/mol. The first-order valence-electron chi connectivity index (χ1n) is 10.3. The number of nitrogens with zero attached hydrogens (tertiary/aromatic N) is 2. The third-order valence-electron chi connectivity index (χ3n) is 5.48. The van der Waals surface area contributed by atoms with Gasteiger partial charge in [0, 0.05) is 23.2 Å². The van der Waals surface area contributed by atoms with E-state index in [9.17, 15) is 8.42 Å². The highest BCUT2D eigenvalue weighted by molar-refractivity contribution is 7.89. The molecule has 0 amide bonds. The topological polar surface area (TPSA) is 64.0 Å². The Morgan fingerprint density at radius 1 is 1.14 bits per heavy atom. The quantitative estimate of drug-likeness (QED) is 0.638. The third-order valence-corrected chi connectivity index (χ3v) is 7.25. The molecule has 5 nitrogen and oxygen atoms in total. The number of fused-ring (bicyclic) bond motifs is 1. The van der Waals surface area contributed by atoms with Crippen LogP contribution in [0.5, 0.6) is 0 Å². The van der Waals surface area contributed by atoms with Crippen molar-refractivity contribution in [2.24, 2.45) is 0 Å². The lowest BCUT2D eigenvalue weighted by Crippen LogP contribution is -2.40. The smallest absolute Gasteiger partial charge is 0.241 e. The van der Waals surface area contributed by atoms with Crippen LogP contribution in [0.3, 0.4) is 0 Å². The van der Waals surface area contributed by atoms with Crippen LogP contribution < -0.4 is 4.72 Å². The van der Waals surface area contributed by atoms with Crippen LogP contribution in [0.2, 0.25) is 0 Å². The van der Waals surface area contributed by atoms with Crippen molar-refractivity contribution >= 4 is 21.1 Å². The molecule has 4 rings (SSSR count). The van der Waals surface area contributed by atoms with Gasteiger partial charge in [0.05, 0.1) is 10.6 Å². The molecule has 0 atom stereocenters. The van der Waals surface area contributed by atoms with Gasteiger partial charge >= 0.3 is 0 Å². The summed E-state index contributed by atoms with van der Waals surface area (Å²) in [4.78, 5) is 5.04. The van der Waals surface area contributed by atoms with E-state index >= 15 is 0 Å². The van der Waals surface area contributed by atoms with Gasteiger partial charge in [-0.15, -0.1) is 0 Å². The van der Waals surface area contributed by atoms with Crippen molar-refractivity contribution in [1.29, 1.82) is 0 Å². The van der Waals surface area contributed by atoms with E-state index in [1.165, 1.54) is 12.0 Å². The van der Waals surface area contributed by atoms with E-state index in [-0.39, 0.29) is 4.90 Å². The number of nitrogens with one attached hydrogen (secondary N) is 1. The minimum atomic E-state index is -3.54. The number of aromatic nitrogens is 2. The van der Waals surface area contributed by atoms with Crippen molar-refractivity contribution in [2.45, 2.75) is 69.9 Å². The van der Waals surface area contributed by atoms with Crippen molar-refractivity contribution in [3.8, 4) is 11.3 Å². The Labute approximate surface area is 173 Å². The van der Waals surface area contributed by atoms with Gasteiger partial charge < -0.3 is 4.57 Å². The van der Waals surface area contributed by atoms with Gasteiger partial charge in [0.1, 0.15) is 5.65 Å². The molecule has 29 heavy (non-hydrogen) atoms. The third kappa shape index (κ3) is 3.96. The van der Waals surface area contributed by atoms with Crippen molar-refractivity contribution in [3.05, 3.63) is 48.2 Å². The highest BCUT2D eigenvalue weighted by Crippen LogP contribution is 2.39. The molecule has 0 aliphatic heterocycles. The van der Waals surface area contributed by atoms with Gasteiger partial charge in [0.25, 0.3) is 0 Å². The Kier molecular flexibility index (Phi) is 5.03. The number of rotatable bonds is 5. The van der Waals surface area contributed by atoms with Crippen molar-refractivity contribution < 1.29 is 8.42 Å². The average molecular weight is 412 g/mol. The van der Waals surface area contributed by atoms with Gasteiger partial charge in [-0.25, -0.2) is 18.1 Å². The van der Waals surface area contributed by atoms with Gasteiger partial charge in [-0.1, -0.05) is 19.1 Å². The summed E-state index contributed by atoms with van der Waals surface area (Å²) in [6.45, 7) is 7.66. The van der Waals surface area contributed by atoms with E-state index in [0.717, 1.165) is 41.6 Å².